The third-order valence-electron chi connectivity index (χ3n) is 1.46. The van der Waals surface area contributed by atoms with Crippen molar-refractivity contribution in [2.75, 3.05) is 6.61 Å². The van der Waals surface area contributed by atoms with Gasteiger partial charge in [0.1, 0.15) is 6.07 Å². The molecule has 0 aliphatic heterocycles. The number of hydrogen-bond acceptors (Lipinski definition) is 4. The molecule has 1 heterocycles. The van der Waals surface area contributed by atoms with Crippen LogP contribution in [-0.4, -0.2) is 21.9 Å². The van der Waals surface area contributed by atoms with Crippen molar-refractivity contribution in [3.63, 3.8) is 0 Å². The molecule has 0 bridgehead atoms. The standard InChI is InChI=1S/C9H10N2OS/c1-7(6-12)13-9-3-2-4-11-8(9)5-10/h2-4,7,12H,6H2,1H3. The van der Waals surface area contributed by atoms with Gasteiger partial charge in [-0.1, -0.05) is 6.92 Å². The van der Waals surface area contributed by atoms with Gasteiger partial charge in [-0.25, -0.2) is 4.98 Å². The Kier molecular flexibility index (Phi) is 3.74. The van der Waals surface area contributed by atoms with Crippen LogP contribution in [0.5, 0.6) is 0 Å². The van der Waals surface area contributed by atoms with Crippen LogP contribution < -0.4 is 0 Å². The smallest absolute Gasteiger partial charge is 0.153 e. The van der Waals surface area contributed by atoms with Gasteiger partial charge in [0.25, 0.3) is 0 Å². The lowest BCUT2D eigenvalue weighted by molar-refractivity contribution is 0.300. The van der Waals surface area contributed by atoms with Gasteiger partial charge < -0.3 is 5.11 Å². The maximum absolute atomic E-state index is 8.84. The van der Waals surface area contributed by atoms with Crippen LogP contribution in [-0.2, 0) is 0 Å². The van der Waals surface area contributed by atoms with E-state index < -0.39 is 0 Å². The number of aliphatic hydroxyl groups excluding tert-OH is 1. The van der Waals surface area contributed by atoms with Crippen molar-refractivity contribution in [1.29, 1.82) is 5.26 Å². The van der Waals surface area contributed by atoms with E-state index in [1.807, 2.05) is 19.1 Å². The van der Waals surface area contributed by atoms with E-state index in [1.54, 1.807) is 12.3 Å². The van der Waals surface area contributed by atoms with E-state index in [0.29, 0.717) is 5.69 Å². The summed E-state index contributed by atoms with van der Waals surface area (Å²) in [6.45, 7) is 2.00. The van der Waals surface area contributed by atoms with E-state index in [4.69, 9.17) is 10.4 Å². The highest BCUT2D eigenvalue weighted by atomic mass is 32.2. The van der Waals surface area contributed by atoms with Gasteiger partial charge in [-0.3, -0.25) is 0 Å². The normalized spacial score (nSPS) is 12.1. The van der Waals surface area contributed by atoms with Crippen LogP contribution in [0, 0.1) is 11.3 Å². The number of rotatable bonds is 3. The summed E-state index contributed by atoms with van der Waals surface area (Å²) in [5, 5.41) is 17.6. The minimum absolute atomic E-state index is 0.0938. The quantitative estimate of drug-likeness (QED) is 0.739. The summed E-state index contributed by atoms with van der Waals surface area (Å²) in [6, 6.07) is 5.63. The van der Waals surface area contributed by atoms with E-state index in [2.05, 4.69) is 4.98 Å². The molecule has 1 rings (SSSR count). The van der Waals surface area contributed by atoms with E-state index in [0.717, 1.165) is 4.90 Å². The van der Waals surface area contributed by atoms with Crippen molar-refractivity contribution in [2.45, 2.75) is 17.1 Å². The van der Waals surface area contributed by atoms with Gasteiger partial charge >= 0.3 is 0 Å². The zero-order valence-corrected chi connectivity index (χ0v) is 8.08. The lowest BCUT2D eigenvalue weighted by atomic mass is 10.4. The molecule has 1 unspecified atom stereocenters. The zero-order valence-electron chi connectivity index (χ0n) is 7.27. The lowest BCUT2D eigenvalue weighted by Crippen LogP contribution is -2.02. The summed E-state index contributed by atoms with van der Waals surface area (Å²) in [5.74, 6) is 0. The summed E-state index contributed by atoms with van der Waals surface area (Å²) >= 11 is 1.46. The fourth-order valence-corrected chi connectivity index (χ4v) is 1.70. The van der Waals surface area contributed by atoms with Crippen molar-refractivity contribution >= 4 is 11.8 Å². The highest BCUT2D eigenvalue weighted by Crippen LogP contribution is 2.24. The van der Waals surface area contributed by atoms with Gasteiger partial charge in [-0.05, 0) is 12.1 Å². The molecule has 0 saturated carbocycles. The first-order valence-electron chi connectivity index (χ1n) is 3.90. The van der Waals surface area contributed by atoms with Crippen LogP contribution in [0.25, 0.3) is 0 Å². The Hall–Kier alpha value is -1.05. The third kappa shape index (κ3) is 2.72. The molecule has 0 amide bonds. The molecule has 1 atom stereocenters. The summed E-state index contributed by atoms with van der Waals surface area (Å²) in [6.07, 6.45) is 1.59. The number of aromatic nitrogens is 1. The topological polar surface area (TPSA) is 56.9 Å². The molecule has 1 aromatic rings. The third-order valence-corrected chi connectivity index (χ3v) is 2.60. The molecule has 0 spiro atoms. The van der Waals surface area contributed by atoms with E-state index in [-0.39, 0.29) is 11.9 Å². The van der Waals surface area contributed by atoms with Crippen LogP contribution >= 0.6 is 11.8 Å². The first-order chi connectivity index (χ1) is 6.27. The van der Waals surface area contributed by atoms with Crippen LogP contribution in [0.2, 0.25) is 0 Å². The number of pyridine rings is 1. The van der Waals surface area contributed by atoms with Crippen LogP contribution in [0.3, 0.4) is 0 Å². The average molecular weight is 194 g/mol. The van der Waals surface area contributed by atoms with Gasteiger partial charge in [0.15, 0.2) is 5.69 Å². The Morgan fingerprint density at radius 1 is 1.77 bits per heavy atom. The minimum Gasteiger partial charge on any atom is -0.395 e. The summed E-state index contributed by atoms with van der Waals surface area (Å²) < 4.78 is 0. The van der Waals surface area contributed by atoms with Crippen molar-refractivity contribution < 1.29 is 5.11 Å². The summed E-state index contributed by atoms with van der Waals surface area (Å²) in [4.78, 5) is 4.75. The molecule has 13 heavy (non-hydrogen) atoms. The number of hydrogen-bond donors (Lipinski definition) is 1. The SMILES string of the molecule is CC(CO)Sc1cccnc1C#N. The Bertz CT molecular complexity index is 322. The van der Waals surface area contributed by atoms with E-state index >= 15 is 0 Å². The van der Waals surface area contributed by atoms with E-state index in [1.165, 1.54) is 11.8 Å². The highest BCUT2D eigenvalue weighted by molar-refractivity contribution is 8.00. The monoisotopic (exact) mass is 194 g/mol. The second kappa shape index (κ2) is 4.85. The van der Waals surface area contributed by atoms with Gasteiger partial charge in [0.2, 0.25) is 0 Å². The Morgan fingerprint density at radius 3 is 3.15 bits per heavy atom. The molecule has 68 valence electrons. The number of aliphatic hydroxyl groups is 1. The highest BCUT2D eigenvalue weighted by Gasteiger charge is 2.07. The van der Waals surface area contributed by atoms with Crippen LogP contribution in [0.15, 0.2) is 23.2 Å². The van der Waals surface area contributed by atoms with Gasteiger partial charge in [0.05, 0.1) is 6.61 Å². The minimum atomic E-state index is 0.0938. The fraction of sp³-hybridized carbons (Fsp3) is 0.333. The molecule has 0 radical (unpaired) electrons. The lowest BCUT2D eigenvalue weighted by Gasteiger charge is -2.07. The molecule has 1 aromatic heterocycles. The predicted octanol–water partition coefficient (Wildman–Crippen LogP) is 1.43. The molecule has 3 nitrogen and oxygen atoms in total. The van der Waals surface area contributed by atoms with Crippen molar-refractivity contribution in [3.8, 4) is 6.07 Å². The molecule has 0 aliphatic rings. The predicted molar refractivity (Wildman–Crippen MR) is 51.4 cm³/mol. The average Bonchev–Trinajstić information content (AvgIpc) is 2.18. The van der Waals surface area contributed by atoms with Crippen molar-refractivity contribution in [2.24, 2.45) is 0 Å². The molecule has 0 fully saturated rings. The van der Waals surface area contributed by atoms with Crippen molar-refractivity contribution in [1.82, 2.24) is 4.98 Å². The second-order valence-corrected chi connectivity index (χ2v) is 4.05. The molecule has 1 N–H and O–H groups in total. The van der Waals surface area contributed by atoms with Gasteiger partial charge in [-0.15, -0.1) is 11.8 Å². The van der Waals surface area contributed by atoms with Crippen LogP contribution in [0.1, 0.15) is 12.6 Å². The maximum Gasteiger partial charge on any atom is 0.153 e. The Morgan fingerprint density at radius 2 is 2.54 bits per heavy atom. The van der Waals surface area contributed by atoms with Crippen molar-refractivity contribution in [3.05, 3.63) is 24.0 Å². The number of thioether (sulfide) groups is 1. The number of nitrogens with zero attached hydrogens (tertiary/aromatic N) is 2. The molecular formula is C9H10N2OS. The molecule has 0 aromatic carbocycles. The molecular weight excluding hydrogens is 184 g/mol. The Balaban J connectivity index is 2.82. The molecule has 0 aliphatic carbocycles. The van der Waals surface area contributed by atoms with Gasteiger partial charge in [-0.2, -0.15) is 5.26 Å². The largest absolute Gasteiger partial charge is 0.395 e. The van der Waals surface area contributed by atoms with Gasteiger partial charge in [0, 0.05) is 16.3 Å². The van der Waals surface area contributed by atoms with E-state index in [9.17, 15) is 0 Å². The number of nitriles is 1. The molecule has 0 saturated heterocycles. The zero-order chi connectivity index (χ0) is 9.68. The first kappa shape index (κ1) is 10.0. The summed E-state index contributed by atoms with van der Waals surface area (Å²) in [5.41, 5.74) is 0.424. The second-order valence-electron chi connectivity index (χ2n) is 2.57. The maximum atomic E-state index is 8.84. The fourth-order valence-electron chi connectivity index (χ4n) is 0.824. The molecule has 4 heteroatoms. The Labute approximate surface area is 81.4 Å². The van der Waals surface area contributed by atoms with Crippen LogP contribution in [0.4, 0.5) is 0 Å². The first-order valence-corrected chi connectivity index (χ1v) is 4.78. The summed E-state index contributed by atoms with van der Waals surface area (Å²) in [7, 11) is 0.